The quantitative estimate of drug-likeness (QED) is 0.662. The van der Waals surface area contributed by atoms with E-state index in [0.29, 0.717) is 21.4 Å². The van der Waals surface area contributed by atoms with Gasteiger partial charge < -0.3 is 19.5 Å². The Morgan fingerprint density at radius 2 is 1.87 bits per heavy atom. The summed E-state index contributed by atoms with van der Waals surface area (Å²) in [6, 6.07) is 15.1. The molecule has 3 rings (SSSR count). The Kier molecular flexibility index (Phi) is 6.84. The lowest BCUT2D eigenvalue weighted by Crippen LogP contribution is -2.12. The Labute approximate surface area is 180 Å². The Bertz CT molecular complexity index is 1020. The average Bonchev–Trinajstić information content (AvgIpc) is 3.03. The first-order chi connectivity index (χ1) is 14.4. The molecular formula is C23H24N2O4S. The number of nitrogens with zero attached hydrogens (tertiary/aromatic N) is 2. The Morgan fingerprint density at radius 1 is 1.17 bits per heavy atom. The lowest BCUT2D eigenvalue weighted by Gasteiger charge is -2.11. The van der Waals surface area contributed by atoms with Crippen molar-refractivity contribution in [2.24, 2.45) is 4.99 Å². The van der Waals surface area contributed by atoms with Gasteiger partial charge in [-0.1, -0.05) is 36.0 Å². The summed E-state index contributed by atoms with van der Waals surface area (Å²) < 4.78 is 10.5. The number of esters is 1. The van der Waals surface area contributed by atoms with Crippen LogP contribution in [-0.2, 0) is 9.53 Å². The number of hydrogen-bond donors (Lipinski definition) is 1. The van der Waals surface area contributed by atoms with Gasteiger partial charge in [0.2, 0.25) is 0 Å². The summed E-state index contributed by atoms with van der Waals surface area (Å²) in [5.74, 6) is -0.170. The van der Waals surface area contributed by atoms with Gasteiger partial charge in [-0.05, 0) is 42.8 Å². The molecule has 0 radical (unpaired) electrons. The SMILES string of the molecule is CCOC(=O)C1=C(O)C(=Cc2ccc(N(C)C)cc2)SC1=Nc1ccccc1OC. The zero-order valence-corrected chi connectivity index (χ0v) is 18.2. The predicted molar refractivity (Wildman–Crippen MR) is 123 cm³/mol. The Morgan fingerprint density at radius 3 is 2.50 bits per heavy atom. The van der Waals surface area contributed by atoms with Crippen molar-refractivity contribution in [1.29, 1.82) is 0 Å². The van der Waals surface area contributed by atoms with Gasteiger partial charge in [-0.25, -0.2) is 9.79 Å². The first-order valence-corrected chi connectivity index (χ1v) is 10.3. The van der Waals surface area contributed by atoms with Crippen LogP contribution in [0.4, 0.5) is 11.4 Å². The molecule has 1 N–H and O–H groups in total. The van der Waals surface area contributed by atoms with Gasteiger partial charge in [0.15, 0.2) is 0 Å². The average molecular weight is 425 g/mol. The molecule has 0 atom stereocenters. The van der Waals surface area contributed by atoms with E-state index in [1.54, 1.807) is 26.2 Å². The third-order valence-electron chi connectivity index (χ3n) is 4.38. The summed E-state index contributed by atoms with van der Waals surface area (Å²) in [6.07, 6.45) is 1.82. The lowest BCUT2D eigenvalue weighted by atomic mass is 10.1. The van der Waals surface area contributed by atoms with E-state index in [4.69, 9.17) is 9.47 Å². The van der Waals surface area contributed by atoms with E-state index in [1.807, 2.05) is 61.5 Å². The number of thioether (sulfide) groups is 1. The lowest BCUT2D eigenvalue weighted by molar-refractivity contribution is -0.138. The van der Waals surface area contributed by atoms with Gasteiger partial charge in [0.05, 0.1) is 18.6 Å². The van der Waals surface area contributed by atoms with Crippen molar-refractivity contribution in [3.05, 3.63) is 70.3 Å². The topological polar surface area (TPSA) is 71.4 Å². The molecule has 156 valence electrons. The number of carbonyl (C=O) groups excluding carboxylic acids is 1. The maximum atomic E-state index is 12.5. The molecule has 1 aliphatic rings. The molecule has 0 saturated heterocycles. The van der Waals surface area contributed by atoms with Crippen LogP contribution in [0.3, 0.4) is 0 Å². The minimum Gasteiger partial charge on any atom is -0.506 e. The zero-order chi connectivity index (χ0) is 21.7. The molecule has 0 saturated carbocycles. The van der Waals surface area contributed by atoms with E-state index in [1.165, 1.54) is 11.8 Å². The van der Waals surface area contributed by atoms with Crippen LogP contribution in [0.25, 0.3) is 6.08 Å². The second-order valence-electron chi connectivity index (χ2n) is 6.63. The van der Waals surface area contributed by atoms with Gasteiger partial charge in [-0.2, -0.15) is 0 Å². The molecule has 0 aromatic heterocycles. The molecule has 1 heterocycles. The van der Waals surface area contributed by atoms with Gasteiger partial charge in [0, 0.05) is 19.8 Å². The number of aliphatic hydroxyl groups excluding tert-OH is 1. The molecule has 0 spiro atoms. The van der Waals surface area contributed by atoms with E-state index in [9.17, 15) is 9.90 Å². The normalized spacial score (nSPS) is 16.3. The molecule has 6 nitrogen and oxygen atoms in total. The van der Waals surface area contributed by atoms with Gasteiger partial charge in [-0.3, -0.25) is 0 Å². The highest BCUT2D eigenvalue weighted by Crippen LogP contribution is 2.41. The molecule has 0 bridgehead atoms. The standard InChI is InChI=1S/C23H24N2O4S/c1-5-29-23(27)20-21(26)19(14-15-10-12-16(13-11-15)25(2)3)30-22(20)24-17-8-6-7-9-18(17)28-4/h6-14,26H,5H2,1-4H3. The van der Waals surface area contributed by atoms with Gasteiger partial charge in [0.25, 0.3) is 0 Å². The highest BCUT2D eigenvalue weighted by Gasteiger charge is 2.33. The number of para-hydroxylation sites is 2. The fraction of sp³-hybridized carbons (Fsp3) is 0.217. The minimum absolute atomic E-state index is 0.0592. The van der Waals surface area contributed by atoms with E-state index in [-0.39, 0.29) is 17.9 Å². The molecule has 2 aromatic rings. The van der Waals surface area contributed by atoms with Crippen LogP contribution in [0.2, 0.25) is 0 Å². The number of anilines is 1. The van der Waals surface area contributed by atoms with Crippen LogP contribution in [0.15, 0.2) is 69.8 Å². The van der Waals surface area contributed by atoms with Crippen LogP contribution in [0.5, 0.6) is 5.75 Å². The Balaban J connectivity index is 2.03. The van der Waals surface area contributed by atoms with Crippen molar-refractivity contribution in [1.82, 2.24) is 0 Å². The number of aliphatic imine (C=N–C) groups is 1. The monoisotopic (exact) mass is 424 g/mol. The molecule has 0 amide bonds. The van der Waals surface area contributed by atoms with Crippen molar-refractivity contribution >= 4 is 40.2 Å². The third kappa shape index (κ3) is 4.68. The van der Waals surface area contributed by atoms with Crippen molar-refractivity contribution in [3.8, 4) is 5.75 Å². The zero-order valence-electron chi connectivity index (χ0n) is 17.4. The highest BCUT2D eigenvalue weighted by molar-refractivity contribution is 8.18. The number of methoxy groups -OCH3 is 1. The smallest absolute Gasteiger partial charge is 0.344 e. The number of ether oxygens (including phenoxy) is 2. The summed E-state index contributed by atoms with van der Waals surface area (Å²) in [5, 5.41) is 11.2. The van der Waals surface area contributed by atoms with Gasteiger partial charge >= 0.3 is 5.97 Å². The molecule has 0 unspecified atom stereocenters. The first kappa shape index (κ1) is 21.5. The summed E-state index contributed by atoms with van der Waals surface area (Å²) >= 11 is 1.22. The third-order valence-corrected chi connectivity index (χ3v) is 5.40. The van der Waals surface area contributed by atoms with Crippen LogP contribution in [-0.4, -0.2) is 43.9 Å². The van der Waals surface area contributed by atoms with Crippen molar-refractivity contribution in [3.63, 3.8) is 0 Å². The second-order valence-corrected chi connectivity index (χ2v) is 7.66. The van der Waals surface area contributed by atoms with Crippen molar-refractivity contribution in [2.45, 2.75) is 6.92 Å². The number of rotatable bonds is 6. The van der Waals surface area contributed by atoms with Crippen LogP contribution in [0.1, 0.15) is 12.5 Å². The molecule has 0 fully saturated rings. The summed E-state index contributed by atoms with van der Waals surface area (Å²) in [4.78, 5) is 19.7. The number of hydrogen-bond acceptors (Lipinski definition) is 7. The van der Waals surface area contributed by atoms with E-state index in [2.05, 4.69) is 4.99 Å². The molecule has 7 heteroatoms. The number of carbonyl (C=O) groups is 1. The largest absolute Gasteiger partial charge is 0.506 e. The summed E-state index contributed by atoms with van der Waals surface area (Å²) in [5.41, 5.74) is 2.59. The first-order valence-electron chi connectivity index (χ1n) is 9.44. The highest BCUT2D eigenvalue weighted by atomic mass is 32.2. The molecule has 1 aliphatic heterocycles. The Hall–Kier alpha value is -3.19. The van der Waals surface area contributed by atoms with Crippen LogP contribution < -0.4 is 9.64 Å². The van der Waals surface area contributed by atoms with E-state index < -0.39 is 5.97 Å². The minimum atomic E-state index is -0.609. The second kappa shape index (κ2) is 9.54. The van der Waals surface area contributed by atoms with Crippen LogP contribution in [0, 0.1) is 0 Å². The fourth-order valence-corrected chi connectivity index (χ4v) is 3.87. The van der Waals surface area contributed by atoms with Crippen molar-refractivity contribution in [2.75, 3.05) is 32.7 Å². The number of aliphatic hydroxyl groups is 1. The molecular weight excluding hydrogens is 400 g/mol. The van der Waals surface area contributed by atoms with E-state index in [0.717, 1.165) is 11.3 Å². The van der Waals surface area contributed by atoms with Gasteiger partial charge in [-0.15, -0.1) is 0 Å². The summed E-state index contributed by atoms with van der Waals surface area (Å²) in [6.45, 7) is 1.92. The maximum Gasteiger partial charge on any atom is 0.344 e. The molecule has 0 aliphatic carbocycles. The van der Waals surface area contributed by atoms with Crippen LogP contribution >= 0.6 is 11.8 Å². The maximum absolute atomic E-state index is 12.5. The summed E-state index contributed by atoms with van der Waals surface area (Å²) in [7, 11) is 5.51. The fourth-order valence-electron chi connectivity index (χ4n) is 2.84. The van der Waals surface area contributed by atoms with Crippen molar-refractivity contribution < 1.29 is 19.4 Å². The number of benzene rings is 2. The molecule has 2 aromatic carbocycles. The van der Waals surface area contributed by atoms with E-state index >= 15 is 0 Å². The van der Waals surface area contributed by atoms with Gasteiger partial charge in [0.1, 0.15) is 27.8 Å². The predicted octanol–water partition coefficient (Wildman–Crippen LogP) is 4.95. The molecule has 30 heavy (non-hydrogen) atoms.